The number of methoxy groups -OCH3 is 1. The first-order valence-corrected chi connectivity index (χ1v) is 11.3. The van der Waals surface area contributed by atoms with Gasteiger partial charge in [0.1, 0.15) is 0 Å². The SMILES string of the molecule is COC(C)c1cnc(N[C@H]2CCCNC2)nc1-c1cn(-c2ccccc2)c2ccccc12. The van der Waals surface area contributed by atoms with Crippen molar-refractivity contribution < 1.29 is 4.74 Å². The molecule has 1 aliphatic heterocycles. The molecular weight excluding hydrogens is 398 g/mol. The van der Waals surface area contributed by atoms with Crippen LogP contribution in [0.5, 0.6) is 0 Å². The Balaban J connectivity index is 1.65. The Hall–Kier alpha value is -3.22. The van der Waals surface area contributed by atoms with Crippen molar-refractivity contribution in [1.29, 1.82) is 0 Å². The largest absolute Gasteiger partial charge is 0.377 e. The van der Waals surface area contributed by atoms with Crippen molar-refractivity contribution in [2.24, 2.45) is 0 Å². The average Bonchev–Trinajstić information content (AvgIpc) is 3.24. The highest BCUT2D eigenvalue weighted by molar-refractivity contribution is 5.97. The molecule has 1 unspecified atom stereocenters. The van der Waals surface area contributed by atoms with E-state index in [2.05, 4.69) is 74.9 Å². The number of piperidine rings is 1. The molecule has 0 aliphatic carbocycles. The quantitative estimate of drug-likeness (QED) is 0.455. The van der Waals surface area contributed by atoms with E-state index in [0.717, 1.165) is 59.3 Å². The van der Waals surface area contributed by atoms with Crippen LogP contribution in [0.2, 0.25) is 0 Å². The zero-order valence-corrected chi connectivity index (χ0v) is 18.6. The summed E-state index contributed by atoms with van der Waals surface area (Å²) in [7, 11) is 1.72. The molecule has 1 fully saturated rings. The number of fused-ring (bicyclic) bond motifs is 1. The van der Waals surface area contributed by atoms with Crippen LogP contribution in [0, 0.1) is 0 Å². The molecule has 5 rings (SSSR count). The van der Waals surface area contributed by atoms with E-state index in [0.29, 0.717) is 12.0 Å². The van der Waals surface area contributed by atoms with Gasteiger partial charge in [-0.15, -0.1) is 0 Å². The van der Waals surface area contributed by atoms with E-state index in [9.17, 15) is 0 Å². The van der Waals surface area contributed by atoms with Crippen molar-refractivity contribution in [3.05, 3.63) is 72.6 Å². The van der Waals surface area contributed by atoms with Crippen molar-refractivity contribution in [1.82, 2.24) is 19.9 Å². The lowest BCUT2D eigenvalue weighted by molar-refractivity contribution is 0.119. The summed E-state index contributed by atoms with van der Waals surface area (Å²) in [6.45, 7) is 4.05. The van der Waals surface area contributed by atoms with Crippen LogP contribution in [-0.2, 0) is 4.74 Å². The summed E-state index contributed by atoms with van der Waals surface area (Å²) in [5.74, 6) is 0.664. The van der Waals surface area contributed by atoms with Gasteiger partial charge in [-0.3, -0.25) is 0 Å². The highest BCUT2D eigenvalue weighted by Gasteiger charge is 2.21. The van der Waals surface area contributed by atoms with Crippen LogP contribution in [0.15, 0.2) is 67.0 Å². The second-order valence-corrected chi connectivity index (χ2v) is 8.33. The third kappa shape index (κ3) is 3.99. The van der Waals surface area contributed by atoms with Gasteiger partial charge >= 0.3 is 0 Å². The average molecular weight is 428 g/mol. The Morgan fingerprint density at radius 1 is 1.12 bits per heavy atom. The van der Waals surface area contributed by atoms with Gasteiger partial charge < -0.3 is 19.9 Å². The van der Waals surface area contributed by atoms with Crippen LogP contribution in [0.4, 0.5) is 5.95 Å². The van der Waals surface area contributed by atoms with E-state index in [4.69, 9.17) is 9.72 Å². The highest BCUT2D eigenvalue weighted by atomic mass is 16.5. The molecule has 2 aromatic carbocycles. The summed E-state index contributed by atoms with van der Waals surface area (Å²) in [6, 6.07) is 19.2. The first kappa shape index (κ1) is 20.7. The van der Waals surface area contributed by atoms with Crippen molar-refractivity contribution in [3.63, 3.8) is 0 Å². The maximum Gasteiger partial charge on any atom is 0.223 e. The number of nitrogens with zero attached hydrogens (tertiary/aromatic N) is 3. The first-order chi connectivity index (χ1) is 15.7. The van der Waals surface area contributed by atoms with E-state index in [-0.39, 0.29) is 6.10 Å². The van der Waals surface area contributed by atoms with Crippen LogP contribution < -0.4 is 10.6 Å². The van der Waals surface area contributed by atoms with Gasteiger partial charge in [-0.1, -0.05) is 36.4 Å². The Bertz CT molecular complexity index is 1200. The second kappa shape index (κ2) is 9.10. The molecule has 0 saturated carbocycles. The molecule has 6 heteroatoms. The molecule has 1 aliphatic rings. The molecule has 1 saturated heterocycles. The smallest absolute Gasteiger partial charge is 0.223 e. The fourth-order valence-electron chi connectivity index (χ4n) is 4.43. The van der Waals surface area contributed by atoms with Crippen LogP contribution in [0.1, 0.15) is 31.4 Å². The molecule has 0 bridgehead atoms. The van der Waals surface area contributed by atoms with Crippen LogP contribution >= 0.6 is 0 Å². The molecule has 32 heavy (non-hydrogen) atoms. The summed E-state index contributed by atoms with van der Waals surface area (Å²) in [6.07, 6.45) is 6.25. The number of para-hydroxylation sites is 2. The number of benzene rings is 2. The van der Waals surface area contributed by atoms with E-state index in [1.807, 2.05) is 19.2 Å². The fourth-order valence-corrected chi connectivity index (χ4v) is 4.43. The molecule has 2 aromatic heterocycles. The minimum absolute atomic E-state index is 0.116. The Morgan fingerprint density at radius 3 is 2.72 bits per heavy atom. The summed E-state index contributed by atoms with van der Waals surface area (Å²) < 4.78 is 7.90. The van der Waals surface area contributed by atoms with E-state index >= 15 is 0 Å². The van der Waals surface area contributed by atoms with Crippen molar-refractivity contribution in [2.45, 2.75) is 31.9 Å². The predicted molar refractivity (Wildman–Crippen MR) is 129 cm³/mol. The molecule has 2 atom stereocenters. The minimum atomic E-state index is -0.116. The third-order valence-electron chi connectivity index (χ3n) is 6.24. The molecule has 6 nitrogen and oxygen atoms in total. The zero-order chi connectivity index (χ0) is 21.9. The Labute approximate surface area is 188 Å². The number of rotatable bonds is 6. The van der Waals surface area contributed by atoms with Crippen LogP contribution in [-0.4, -0.2) is 40.8 Å². The van der Waals surface area contributed by atoms with Gasteiger partial charge in [0.05, 0.1) is 17.3 Å². The lowest BCUT2D eigenvalue weighted by Gasteiger charge is -2.24. The van der Waals surface area contributed by atoms with Crippen LogP contribution in [0.25, 0.3) is 27.8 Å². The summed E-state index contributed by atoms with van der Waals surface area (Å²) in [4.78, 5) is 9.66. The number of anilines is 1. The molecule has 0 radical (unpaired) electrons. The van der Waals surface area contributed by atoms with Gasteiger partial charge in [-0.2, -0.15) is 0 Å². The van der Waals surface area contributed by atoms with Gasteiger partial charge in [-0.25, -0.2) is 9.97 Å². The molecular formula is C26H29N5O. The van der Waals surface area contributed by atoms with E-state index in [1.54, 1.807) is 7.11 Å². The lowest BCUT2D eigenvalue weighted by atomic mass is 10.0. The molecule has 164 valence electrons. The topological polar surface area (TPSA) is 64.0 Å². The minimum Gasteiger partial charge on any atom is -0.377 e. The monoisotopic (exact) mass is 427 g/mol. The normalized spacial score (nSPS) is 17.4. The summed E-state index contributed by atoms with van der Waals surface area (Å²) in [5, 5.41) is 8.13. The number of hydrogen-bond acceptors (Lipinski definition) is 5. The lowest BCUT2D eigenvalue weighted by Crippen LogP contribution is -2.38. The van der Waals surface area contributed by atoms with E-state index in [1.165, 1.54) is 0 Å². The van der Waals surface area contributed by atoms with Gasteiger partial charge in [0, 0.05) is 54.3 Å². The third-order valence-corrected chi connectivity index (χ3v) is 6.24. The zero-order valence-electron chi connectivity index (χ0n) is 18.6. The van der Waals surface area contributed by atoms with Gasteiger partial charge in [0.2, 0.25) is 5.95 Å². The Kier molecular flexibility index (Phi) is 5.88. The standard InChI is InChI=1S/C26H29N5O/c1-18(32-2)22-16-28-26(29-19-9-8-14-27-15-19)30-25(22)23-17-31(20-10-4-3-5-11-20)24-13-7-6-12-21(23)24/h3-7,10-13,16-19,27H,8-9,14-15H2,1-2H3,(H,28,29,30)/t18?,19-/m0/s1. The summed E-state index contributed by atoms with van der Waals surface area (Å²) >= 11 is 0. The van der Waals surface area contributed by atoms with Crippen molar-refractivity contribution >= 4 is 16.9 Å². The number of nitrogens with one attached hydrogen (secondary N) is 2. The van der Waals surface area contributed by atoms with E-state index < -0.39 is 0 Å². The van der Waals surface area contributed by atoms with Crippen molar-refractivity contribution in [3.8, 4) is 16.9 Å². The van der Waals surface area contributed by atoms with Gasteiger partial charge in [0.25, 0.3) is 0 Å². The second-order valence-electron chi connectivity index (χ2n) is 8.33. The molecule has 3 heterocycles. The van der Waals surface area contributed by atoms with Gasteiger partial charge in [0.15, 0.2) is 0 Å². The van der Waals surface area contributed by atoms with Crippen LogP contribution in [0.3, 0.4) is 0 Å². The van der Waals surface area contributed by atoms with Crippen molar-refractivity contribution in [2.75, 3.05) is 25.5 Å². The Morgan fingerprint density at radius 2 is 1.94 bits per heavy atom. The number of aromatic nitrogens is 3. The highest BCUT2D eigenvalue weighted by Crippen LogP contribution is 2.36. The maximum absolute atomic E-state index is 5.67. The maximum atomic E-state index is 5.67. The molecule has 4 aromatic rings. The molecule has 0 amide bonds. The first-order valence-electron chi connectivity index (χ1n) is 11.3. The number of hydrogen-bond donors (Lipinski definition) is 2. The summed E-state index contributed by atoms with van der Waals surface area (Å²) in [5.41, 5.74) is 5.24. The predicted octanol–water partition coefficient (Wildman–Crippen LogP) is 4.96. The molecule has 0 spiro atoms. The molecule has 2 N–H and O–H groups in total. The number of ether oxygens (including phenoxy) is 1. The van der Waals surface area contributed by atoms with Gasteiger partial charge in [-0.05, 0) is 44.5 Å². The fraction of sp³-hybridized carbons (Fsp3) is 0.308.